The number of ether oxygens (including phenoxy) is 1. The molecule has 0 fully saturated rings. The van der Waals surface area contributed by atoms with E-state index >= 15 is 0 Å². The Morgan fingerprint density at radius 2 is 1.58 bits per heavy atom. The molecule has 2 heterocycles. The standard InChI is InChI=1S/C29H40N2O2/c1-4-7-18-30(19-8-5-2)20-11-22-33-27-16-14-24(15-17-27)29(32)28-25(12-6-3)23-26-13-9-10-21-31(26)28/h9-10,13-17,21,23H,4-8,11-12,18-20,22H2,1-3H3. The van der Waals surface area contributed by atoms with Crippen LogP contribution in [-0.4, -0.2) is 41.3 Å². The summed E-state index contributed by atoms with van der Waals surface area (Å²) >= 11 is 0. The summed E-state index contributed by atoms with van der Waals surface area (Å²) in [5, 5.41) is 0. The van der Waals surface area contributed by atoms with E-state index < -0.39 is 0 Å². The third-order valence-electron chi connectivity index (χ3n) is 6.15. The van der Waals surface area contributed by atoms with Gasteiger partial charge in [0.2, 0.25) is 5.78 Å². The zero-order chi connectivity index (χ0) is 23.5. The van der Waals surface area contributed by atoms with Crippen LogP contribution >= 0.6 is 0 Å². The number of aromatic nitrogens is 1. The van der Waals surface area contributed by atoms with Crippen LogP contribution in [0.1, 0.15) is 80.9 Å². The van der Waals surface area contributed by atoms with Crippen molar-refractivity contribution in [1.29, 1.82) is 0 Å². The van der Waals surface area contributed by atoms with E-state index in [1.54, 1.807) is 0 Å². The van der Waals surface area contributed by atoms with Crippen molar-refractivity contribution in [3.63, 3.8) is 0 Å². The summed E-state index contributed by atoms with van der Waals surface area (Å²) < 4.78 is 7.99. The first-order valence-corrected chi connectivity index (χ1v) is 12.8. The molecule has 0 saturated heterocycles. The summed E-state index contributed by atoms with van der Waals surface area (Å²) in [5.41, 5.74) is 3.66. The van der Waals surface area contributed by atoms with Crippen molar-refractivity contribution in [1.82, 2.24) is 9.30 Å². The molecule has 0 aliphatic heterocycles. The fraction of sp³-hybridized carbons (Fsp3) is 0.483. The van der Waals surface area contributed by atoms with Gasteiger partial charge in [0.1, 0.15) is 5.75 Å². The van der Waals surface area contributed by atoms with Crippen LogP contribution in [0.4, 0.5) is 0 Å². The Kier molecular flexibility index (Phi) is 10.0. The predicted molar refractivity (Wildman–Crippen MR) is 138 cm³/mol. The number of hydrogen-bond acceptors (Lipinski definition) is 3. The highest BCUT2D eigenvalue weighted by Crippen LogP contribution is 2.23. The number of hydrogen-bond donors (Lipinski definition) is 0. The molecular weight excluding hydrogens is 408 g/mol. The molecule has 3 rings (SSSR count). The molecule has 0 amide bonds. The second kappa shape index (κ2) is 13.2. The van der Waals surface area contributed by atoms with Crippen LogP contribution in [0.3, 0.4) is 0 Å². The van der Waals surface area contributed by atoms with Crippen LogP contribution in [0.25, 0.3) is 5.52 Å². The molecule has 0 N–H and O–H groups in total. The lowest BCUT2D eigenvalue weighted by Gasteiger charge is -2.21. The molecule has 0 saturated carbocycles. The van der Waals surface area contributed by atoms with E-state index in [1.165, 1.54) is 38.8 Å². The molecule has 4 heteroatoms. The summed E-state index contributed by atoms with van der Waals surface area (Å²) in [4.78, 5) is 15.9. The minimum atomic E-state index is 0.0682. The molecule has 0 bridgehead atoms. The summed E-state index contributed by atoms with van der Waals surface area (Å²) in [5.74, 6) is 0.896. The first kappa shape index (κ1) is 25.0. The maximum Gasteiger partial charge on any atom is 0.210 e. The van der Waals surface area contributed by atoms with Crippen LogP contribution in [0.2, 0.25) is 0 Å². The van der Waals surface area contributed by atoms with Crippen molar-refractivity contribution in [3.05, 3.63) is 71.5 Å². The summed E-state index contributed by atoms with van der Waals surface area (Å²) in [6.45, 7) is 10.8. The molecule has 0 atom stereocenters. The average Bonchev–Trinajstić information content (AvgIpc) is 3.21. The van der Waals surface area contributed by atoms with Crippen molar-refractivity contribution in [2.45, 2.75) is 65.7 Å². The zero-order valence-corrected chi connectivity index (χ0v) is 20.7. The van der Waals surface area contributed by atoms with Crippen LogP contribution < -0.4 is 4.74 Å². The Morgan fingerprint density at radius 1 is 0.879 bits per heavy atom. The molecule has 33 heavy (non-hydrogen) atoms. The topological polar surface area (TPSA) is 34.0 Å². The quantitative estimate of drug-likeness (QED) is 0.189. The second-order valence-corrected chi connectivity index (χ2v) is 8.87. The van der Waals surface area contributed by atoms with E-state index in [4.69, 9.17) is 4.74 Å². The third-order valence-corrected chi connectivity index (χ3v) is 6.15. The van der Waals surface area contributed by atoms with Crippen LogP contribution in [-0.2, 0) is 6.42 Å². The number of carbonyl (C=O) groups is 1. The number of benzene rings is 1. The number of pyridine rings is 1. The number of rotatable bonds is 15. The lowest BCUT2D eigenvalue weighted by molar-refractivity contribution is 0.103. The number of carbonyl (C=O) groups excluding carboxylic acids is 1. The van der Waals surface area contributed by atoms with Crippen LogP contribution in [0, 0.1) is 0 Å². The predicted octanol–water partition coefficient (Wildman–Crippen LogP) is 6.79. The Morgan fingerprint density at radius 3 is 2.24 bits per heavy atom. The van der Waals surface area contributed by atoms with E-state index in [1.807, 2.05) is 47.0 Å². The van der Waals surface area contributed by atoms with Crippen molar-refractivity contribution >= 4 is 11.3 Å². The van der Waals surface area contributed by atoms with Gasteiger partial charge in [-0.25, -0.2) is 0 Å². The van der Waals surface area contributed by atoms with Crippen molar-refractivity contribution in [2.75, 3.05) is 26.2 Å². The van der Waals surface area contributed by atoms with Crippen molar-refractivity contribution < 1.29 is 9.53 Å². The molecule has 1 aromatic carbocycles. The molecule has 0 aliphatic rings. The molecular formula is C29H40N2O2. The van der Waals surface area contributed by atoms with Crippen LogP contribution in [0.15, 0.2) is 54.7 Å². The average molecular weight is 449 g/mol. The highest BCUT2D eigenvalue weighted by atomic mass is 16.5. The number of aryl methyl sites for hydroxylation is 1. The Labute approximate surface area is 199 Å². The smallest absolute Gasteiger partial charge is 0.210 e. The van der Waals surface area contributed by atoms with Gasteiger partial charge in [-0.2, -0.15) is 0 Å². The normalized spacial score (nSPS) is 11.4. The van der Waals surface area contributed by atoms with E-state index in [2.05, 4.69) is 37.8 Å². The summed E-state index contributed by atoms with van der Waals surface area (Å²) in [6.07, 6.45) is 9.91. The first-order valence-electron chi connectivity index (χ1n) is 12.8. The Balaban J connectivity index is 1.59. The largest absolute Gasteiger partial charge is 0.494 e. The molecule has 4 nitrogen and oxygen atoms in total. The fourth-order valence-electron chi connectivity index (χ4n) is 4.31. The van der Waals surface area contributed by atoms with Crippen molar-refractivity contribution in [3.8, 4) is 5.75 Å². The lowest BCUT2D eigenvalue weighted by Crippen LogP contribution is -2.28. The van der Waals surface area contributed by atoms with Gasteiger partial charge in [0.15, 0.2) is 0 Å². The van der Waals surface area contributed by atoms with Crippen molar-refractivity contribution in [2.24, 2.45) is 0 Å². The highest BCUT2D eigenvalue weighted by Gasteiger charge is 2.18. The van der Waals surface area contributed by atoms with Crippen LogP contribution in [0.5, 0.6) is 5.75 Å². The Hall–Kier alpha value is -2.59. The Bertz CT molecular complexity index is 983. The molecule has 178 valence electrons. The van der Waals surface area contributed by atoms with E-state index in [0.717, 1.165) is 48.3 Å². The summed E-state index contributed by atoms with van der Waals surface area (Å²) in [6, 6.07) is 15.8. The highest BCUT2D eigenvalue weighted by molar-refractivity contribution is 6.09. The monoisotopic (exact) mass is 448 g/mol. The van der Waals surface area contributed by atoms with Gasteiger partial charge in [0.05, 0.1) is 12.3 Å². The van der Waals surface area contributed by atoms with Gasteiger partial charge >= 0.3 is 0 Å². The number of nitrogens with zero attached hydrogens (tertiary/aromatic N) is 2. The minimum absolute atomic E-state index is 0.0682. The SMILES string of the molecule is CCCCN(CCCC)CCCOc1ccc(C(=O)c2c(CCC)cc3ccccn23)cc1. The lowest BCUT2D eigenvalue weighted by atomic mass is 10.0. The number of fused-ring (bicyclic) bond motifs is 1. The van der Waals surface area contributed by atoms with Gasteiger partial charge in [-0.3, -0.25) is 4.79 Å². The van der Waals surface area contributed by atoms with E-state index in [9.17, 15) is 4.79 Å². The van der Waals surface area contributed by atoms with Gasteiger partial charge in [-0.1, -0.05) is 46.1 Å². The molecule has 2 aromatic heterocycles. The number of ketones is 1. The molecule has 0 radical (unpaired) electrons. The third kappa shape index (κ3) is 6.94. The van der Waals surface area contributed by atoms with Gasteiger partial charge in [0.25, 0.3) is 0 Å². The van der Waals surface area contributed by atoms with E-state index in [-0.39, 0.29) is 5.78 Å². The molecule has 0 spiro atoms. The molecule has 3 aromatic rings. The minimum Gasteiger partial charge on any atom is -0.494 e. The maximum atomic E-state index is 13.4. The maximum absolute atomic E-state index is 13.4. The zero-order valence-electron chi connectivity index (χ0n) is 20.7. The van der Waals surface area contributed by atoms with Gasteiger partial charge in [0, 0.05) is 23.8 Å². The van der Waals surface area contributed by atoms with Gasteiger partial charge in [-0.05, 0) is 86.8 Å². The second-order valence-electron chi connectivity index (χ2n) is 8.87. The first-order chi connectivity index (χ1) is 16.2. The molecule has 0 aliphatic carbocycles. The molecule has 0 unspecified atom stereocenters. The number of unbranched alkanes of at least 4 members (excludes halogenated alkanes) is 2. The van der Waals surface area contributed by atoms with Gasteiger partial charge < -0.3 is 14.0 Å². The van der Waals surface area contributed by atoms with Gasteiger partial charge in [-0.15, -0.1) is 0 Å². The van der Waals surface area contributed by atoms with E-state index in [0.29, 0.717) is 12.2 Å². The summed E-state index contributed by atoms with van der Waals surface area (Å²) in [7, 11) is 0. The fourth-order valence-corrected chi connectivity index (χ4v) is 4.31.